The molecule has 0 rings (SSSR count). The van der Waals surface area contributed by atoms with Crippen LogP contribution in [-0.2, 0) is 4.79 Å². The predicted octanol–water partition coefficient (Wildman–Crippen LogP) is -0.517. The molecule has 0 bridgehead atoms. The van der Waals surface area contributed by atoms with Gasteiger partial charge in [-0.3, -0.25) is 0 Å². The van der Waals surface area contributed by atoms with Crippen molar-refractivity contribution in [1.29, 1.82) is 0 Å². The molecular weight excluding hydrogens is 120 g/mol. The molecule has 0 amide bonds. The van der Waals surface area contributed by atoms with Crippen LogP contribution in [0.4, 0.5) is 0 Å². The monoisotopic (exact) mass is 130 g/mol. The van der Waals surface area contributed by atoms with Crippen molar-refractivity contribution >= 4 is 6.29 Å². The van der Waals surface area contributed by atoms with Crippen LogP contribution in [-0.4, -0.2) is 28.7 Å². The SMILES string of the molecule is CC(O)C=CC(O)C=O. The second kappa shape index (κ2) is 4.23. The van der Waals surface area contributed by atoms with Crippen LogP contribution in [0.1, 0.15) is 6.92 Å². The first-order chi connectivity index (χ1) is 4.16. The fraction of sp³-hybridized carbons (Fsp3) is 0.500. The summed E-state index contributed by atoms with van der Waals surface area (Å²) in [6.45, 7) is 1.54. The Bertz CT molecular complexity index is 107. The van der Waals surface area contributed by atoms with Gasteiger partial charge < -0.3 is 15.0 Å². The summed E-state index contributed by atoms with van der Waals surface area (Å²) in [5.41, 5.74) is 0. The Hall–Kier alpha value is -0.670. The molecular formula is C6H10O3. The molecule has 2 N–H and O–H groups in total. The molecule has 0 heterocycles. The van der Waals surface area contributed by atoms with Crippen LogP contribution < -0.4 is 0 Å². The van der Waals surface area contributed by atoms with Gasteiger partial charge >= 0.3 is 0 Å². The van der Waals surface area contributed by atoms with Crippen LogP contribution in [0.25, 0.3) is 0 Å². The molecule has 52 valence electrons. The zero-order valence-corrected chi connectivity index (χ0v) is 5.19. The topological polar surface area (TPSA) is 57.5 Å². The van der Waals surface area contributed by atoms with E-state index in [4.69, 9.17) is 10.2 Å². The Kier molecular flexibility index (Phi) is 3.92. The number of carbonyl (C=O) groups is 1. The summed E-state index contributed by atoms with van der Waals surface area (Å²) < 4.78 is 0. The molecule has 0 aromatic carbocycles. The van der Waals surface area contributed by atoms with Gasteiger partial charge in [-0.15, -0.1) is 0 Å². The number of aliphatic hydroxyl groups excluding tert-OH is 2. The van der Waals surface area contributed by atoms with Crippen molar-refractivity contribution in [2.75, 3.05) is 0 Å². The third-order valence-corrected chi connectivity index (χ3v) is 0.726. The summed E-state index contributed by atoms with van der Waals surface area (Å²) in [6, 6.07) is 0. The van der Waals surface area contributed by atoms with Crippen molar-refractivity contribution in [3.63, 3.8) is 0 Å². The molecule has 0 saturated carbocycles. The van der Waals surface area contributed by atoms with Crippen LogP contribution in [0.2, 0.25) is 0 Å². The van der Waals surface area contributed by atoms with Gasteiger partial charge in [-0.05, 0) is 6.92 Å². The zero-order chi connectivity index (χ0) is 7.28. The first-order valence-electron chi connectivity index (χ1n) is 2.66. The van der Waals surface area contributed by atoms with Crippen molar-refractivity contribution in [2.45, 2.75) is 19.1 Å². The Morgan fingerprint density at radius 1 is 1.33 bits per heavy atom. The van der Waals surface area contributed by atoms with Gasteiger partial charge in [0.2, 0.25) is 0 Å². The van der Waals surface area contributed by atoms with E-state index >= 15 is 0 Å². The molecule has 0 fully saturated rings. The molecule has 2 unspecified atom stereocenters. The highest BCUT2D eigenvalue weighted by molar-refractivity contribution is 5.58. The lowest BCUT2D eigenvalue weighted by molar-refractivity contribution is -0.112. The summed E-state index contributed by atoms with van der Waals surface area (Å²) in [7, 11) is 0. The van der Waals surface area contributed by atoms with Crippen LogP contribution in [0.3, 0.4) is 0 Å². The lowest BCUT2D eigenvalue weighted by Gasteiger charge is -1.94. The highest BCUT2D eigenvalue weighted by Crippen LogP contribution is 1.85. The van der Waals surface area contributed by atoms with Gasteiger partial charge in [-0.2, -0.15) is 0 Å². The molecule has 0 aliphatic heterocycles. The third-order valence-electron chi connectivity index (χ3n) is 0.726. The average molecular weight is 130 g/mol. The van der Waals surface area contributed by atoms with Crippen molar-refractivity contribution in [3.05, 3.63) is 12.2 Å². The maximum absolute atomic E-state index is 9.73. The smallest absolute Gasteiger partial charge is 0.152 e. The van der Waals surface area contributed by atoms with Gasteiger partial charge in [0.1, 0.15) is 6.10 Å². The van der Waals surface area contributed by atoms with Gasteiger partial charge in [0.15, 0.2) is 6.29 Å². The Labute approximate surface area is 53.6 Å². The van der Waals surface area contributed by atoms with E-state index in [2.05, 4.69) is 0 Å². The Morgan fingerprint density at radius 2 is 1.89 bits per heavy atom. The van der Waals surface area contributed by atoms with E-state index in [9.17, 15) is 4.79 Å². The largest absolute Gasteiger partial charge is 0.389 e. The maximum Gasteiger partial charge on any atom is 0.152 e. The summed E-state index contributed by atoms with van der Waals surface area (Å²) in [6.07, 6.45) is 1.27. The van der Waals surface area contributed by atoms with E-state index in [0.29, 0.717) is 6.29 Å². The molecule has 3 nitrogen and oxygen atoms in total. The van der Waals surface area contributed by atoms with E-state index in [-0.39, 0.29) is 0 Å². The number of hydrogen-bond donors (Lipinski definition) is 2. The molecule has 0 aromatic heterocycles. The Balaban J connectivity index is 3.56. The quantitative estimate of drug-likeness (QED) is 0.399. The van der Waals surface area contributed by atoms with Crippen LogP contribution >= 0.6 is 0 Å². The lowest BCUT2D eigenvalue weighted by atomic mass is 10.3. The number of rotatable bonds is 3. The van der Waals surface area contributed by atoms with Gasteiger partial charge in [-0.1, -0.05) is 12.2 Å². The molecule has 0 saturated heterocycles. The van der Waals surface area contributed by atoms with Gasteiger partial charge in [0.05, 0.1) is 6.10 Å². The molecule has 0 aromatic rings. The third kappa shape index (κ3) is 5.20. The number of hydrogen-bond acceptors (Lipinski definition) is 3. The minimum absolute atomic E-state index is 0.388. The molecule has 2 atom stereocenters. The summed E-state index contributed by atoms with van der Waals surface area (Å²) in [5, 5.41) is 17.1. The van der Waals surface area contributed by atoms with Crippen LogP contribution in [0.5, 0.6) is 0 Å². The van der Waals surface area contributed by atoms with Crippen molar-refractivity contribution in [1.82, 2.24) is 0 Å². The van der Waals surface area contributed by atoms with E-state index in [1.807, 2.05) is 0 Å². The molecule has 0 spiro atoms. The van der Waals surface area contributed by atoms with Gasteiger partial charge in [0, 0.05) is 0 Å². The van der Waals surface area contributed by atoms with Crippen molar-refractivity contribution in [3.8, 4) is 0 Å². The van der Waals surface area contributed by atoms with Crippen molar-refractivity contribution in [2.24, 2.45) is 0 Å². The summed E-state index contributed by atoms with van der Waals surface area (Å²) in [4.78, 5) is 9.73. The van der Waals surface area contributed by atoms with E-state index in [1.54, 1.807) is 0 Å². The molecule has 0 aliphatic rings. The number of carbonyl (C=O) groups excluding carboxylic acids is 1. The minimum Gasteiger partial charge on any atom is -0.389 e. The van der Waals surface area contributed by atoms with Gasteiger partial charge in [-0.25, -0.2) is 0 Å². The minimum atomic E-state index is -1.08. The van der Waals surface area contributed by atoms with Gasteiger partial charge in [0.25, 0.3) is 0 Å². The second-order valence-electron chi connectivity index (χ2n) is 1.75. The fourth-order valence-corrected chi connectivity index (χ4v) is 0.320. The van der Waals surface area contributed by atoms with E-state index < -0.39 is 12.2 Å². The van der Waals surface area contributed by atoms with Crippen molar-refractivity contribution < 1.29 is 15.0 Å². The number of aliphatic hydroxyl groups is 2. The summed E-state index contributed by atoms with van der Waals surface area (Å²) in [5.74, 6) is 0. The normalized spacial score (nSPS) is 17.7. The highest BCUT2D eigenvalue weighted by Gasteiger charge is 1.93. The zero-order valence-electron chi connectivity index (χ0n) is 5.19. The summed E-state index contributed by atoms with van der Waals surface area (Å²) >= 11 is 0. The highest BCUT2D eigenvalue weighted by atomic mass is 16.3. The molecule has 9 heavy (non-hydrogen) atoms. The first-order valence-corrected chi connectivity index (χ1v) is 2.66. The second-order valence-corrected chi connectivity index (χ2v) is 1.75. The molecule has 3 heteroatoms. The van der Waals surface area contributed by atoms with E-state index in [1.165, 1.54) is 19.1 Å². The standard InChI is InChI=1S/C6H10O3/c1-5(8)2-3-6(9)4-7/h2-6,8-9H,1H3. The molecule has 0 radical (unpaired) electrons. The fourth-order valence-electron chi connectivity index (χ4n) is 0.320. The average Bonchev–Trinajstić information content (AvgIpc) is 1.83. The van der Waals surface area contributed by atoms with Crippen LogP contribution in [0, 0.1) is 0 Å². The maximum atomic E-state index is 9.73. The molecule has 0 aliphatic carbocycles. The lowest BCUT2D eigenvalue weighted by Crippen LogP contribution is -2.04. The first kappa shape index (κ1) is 8.33. The predicted molar refractivity (Wildman–Crippen MR) is 32.9 cm³/mol. The van der Waals surface area contributed by atoms with Crippen LogP contribution in [0.15, 0.2) is 12.2 Å². The van der Waals surface area contributed by atoms with E-state index in [0.717, 1.165) is 0 Å². The Morgan fingerprint density at radius 3 is 2.22 bits per heavy atom. The number of aldehydes is 1.